The molecule has 5 rings (SSSR count). The number of sulfone groups is 1. The molecule has 9 nitrogen and oxygen atoms in total. The Labute approximate surface area is 190 Å². The second kappa shape index (κ2) is 8.51. The first-order chi connectivity index (χ1) is 15.5. The summed E-state index contributed by atoms with van der Waals surface area (Å²) in [6, 6.07) is 5.29. The van der Waals surface area contributed by atoms with Gasteiger partial charge in [-0.05, 0) is 36.5 Å². The van der Waals surface area contributed by atoms with Gasteiger partial charge in [0, 0.05) is 31.0 Å². The predicted octanol–water partition coefficient (Wildman–Crippen LogP) is 3.01. The van der Waals surface area contributed by atoms with Crippen LogP contribution in [0.5, 0.6) is 11.8 Å². The first kappa shape index (κ1) is 20.9. The summed E-state index contributed by atoms with van der Waals surface area (Å²) in [6.45, 7) is 2.25. The van der Waals surface area contributed by atoms with Gasteiger partial charge in [-0.15, -0.1) is 0 Å². The summed E-state index contributed by atoms with van der Waals surface area (Å²) in [4.78, 5) is 19.5. The number of piperidine rings is 1. The van der Waals surface area contributed by atoms with Crippen LogP contribution in [-0.2, 0) is 9.84 Å². The van der Waals surface area contributed by atoms with Crippen molar-refractivity contribution in [3.05, 3.63) is 48.0 Å². The second-order valence-electron chi connectivity index (χ2n) is 7.74. The summed E-state index contributed by atoms with van der Waals surface area (Å²) in [5, 5.41) is 0.528. The molecule has 166 valence electrons. The van der Waals surface area contributed by atoms with Gasteiger partial charge >= 0.3 is 6.01 Å². The minimum Gasteiger partial charge on any atom is -0.476 e. The number of halogens is 1. The quantitative estimate of drug-likeness (QED) is 0.552. The molecule has 0 unspecified atom stereocenters. The number of hydrogen-bond donors (Lipinski definition) is 0. The monoisotopic (exact) mass is 473 g/mol. The van der Waals surface area contributed by atoms with Gasteiger partial charge in [0.25, 0.3) is 0 Å². The third-order valence-electron chi connectivity index (χ3n) is 5.56. The Bertz CT molecular complexity index is 1210. The van der Waals surface area contributed by atoms with E-state index < -0.39 is 9.84 Å². The lowest BCUT2D eigenvalue weighted by molar-refractivity contribution is 0.208. The van der Waals surface area contributed by atoms with Crippen molar-refractivity contribution in [2.24, 2.45) is 5.92 Å². The molecule has 1 saturated heterocycles. The predicted molar refractivity (Wildman–Crippen MR) is 118 cm³/mol. The number of fused-ring (bicyclic) bond motifs is 1. The standard InChI is InChI=1S/C21H20ClN5O4S/c22-17-10-23-20(24-11-17)27-5-3-14(4-6-27)12-30-21-25-8-16(9-26-21)15-1-2-19-18(7-15)31-13-32(19,28)29/h1-2,7-11,14H,3-6,12-13H2. The van der Waals surface area contributed by atoms with Crippen molar-refractivity contribution in [3.63, 3.8) is 0 Å². The molecule has 0 N–H and O–H groups in total. The van der Waals surface area contributed by atoms with Crippen LogP contribution in [0.3, 0.4) is 0 Å². The van der Waals surface area contributed by atoms with Gasteiger partial charge in [0.1, 0.15) is 10.6 Å². The lowest BCUT2D eigenvalue weighted by Crippen LogP contribution is -2.36. The van der Waals surface area contributed by atoms with Crippen LogP contribution in [0.25, 0.3) is 11.1 Å². The van der Waals surface area contributed by atoms with E-state index in [9.17, 15) is 8.42 Å². The Morgan fingerprint density at radius 1 is 1.03 bits per heavy atom. The molecule has 0 atom stereocenters. The number of nitrogens with zero attached hydrogens (tertiary/aromatic N) is 5. The molecule has 11 heteroatoms. The normalized spacial score (nSPS) is 17.6. The van der Waals surface area contributed by atoms with E-state index in [1.165, 1.54) is 0 Å². The van der Waals surface area contributed by atoms with E-state index in [2.05, 4.69) is 24.8 Å². The molecule has 0 aliphatic carbocycles. The molecular formula is C21H20ClN5O4S. The van der Waals surface area contributed by atoms with Gasteiger partial charge in [-0.1, -0.05) is 17.7 Å². The van der Waals surface area contributed by atoms with Crippen LogP contribution in [0.1, 0.15) is 12.8 Å². The zero-order valence-corrected chi connectivity index (χ0v) is 18.6. The van der Waals surface area contributed by atoms with E-state index in [1.807, 2.05) is 0 Å². The van der Waals surface area contributed by atoms with Crippen LogP contribution in [0.4, 0.5) is 5.95 Å². The highest BCUT2D eigenvalue weighted by Gasteiger charge is 2.28. The van der Waals surface area contributed by atoms with Crippen LogP contribution in [0.15, 0.2) is 47.9 Å². The van der Waals surface area contributed by atoms with E-state index in [4.69, 9.17) is 21.1 Å². The lowest BCUT2D eigenvalue weighted by atomic mass is 9.98. The molecule has 1 aromatic carbocycles. The highest BCUT2D eigenvalue weighted by molar-refractivity contribution is 7.91. The number of benzene rings is 1. The molecule has 0 saturated carbocycles. The molecule has 3 aromatic rings. The highest BCUT2D eigenvalue weighted by atomic mass is 35.5. The molecule has 2 aliphatic rings. The molecule has 0 radical (unpaired) electrons. The first-order valence-corrected chi connectivity index (χ1v) is 12.2. The minimum absolute atomic E-state index is 0.218. The number of aromatic nitrogens is 4. The Hall–Kier alpha value is -2.98. The van der Waals surface area contributed by atoms with Gasteiger partial charge in [0.05, 0.1) is 24.0 Å². The molecule has 4 heterocycles. The maximum Gasteiger partial charge on any atom is 0.316 e. The Morgan fingerprint density at radius 3 is 2.47 bits per heavy atom. The van der Waals surface area contributed by atoms with Crippen LogP contribution >= 0.6 is 11.6 Å². The molecule has 2 aromatic heterocycles. The average molecular weight is 474 g/mol. The van der Waals surface area contributed by atoms with Crippen molar-refractivity contribution in [3.8, 4) is 22.9 Å². The molecular weight excluding hydrogens is 454 g/mol. The Balaban J connectivity index is 1.15. The fraction of sp³-hybridized carbons (Fsp3) is 0.333. The van der Waals surface area contributed by atoms with E-state index in [1.54, 1.807) is 43.0 Å². The summed E-state index contributed by atoms with van der Waals surface area (Å²) in [6.07, 6.45) is 8.46. The Kier molecular flexibility index (Phi) is 5.56. The number of ether oxygens (including phenoxy) is 2. The maximum atomic E-state index is 11.9. The van der Waals surface area contributed by atoms with E-state index in [0.29, 0.717) is 35.3 Å². The van der Waals surface area contributed by atoms with Crippen molar-refractivity contribution in [2.75, 3.05) is 30.5 Å². The van der Waals surface area contributed by atoms with Gasteiger partial charge in [0.15, 0.2) is 5.94 Å². The number of anilines is 1. The van der Waals surface area contributed by atoms with Crippen molar-refractivity contribution >= 4 is 27.4 Å². The topological polar surface area (TPSA) is 107 Å². The smallest absolute Gasteiger partial charge is 0.316 e. The fourth-order valence-electron chi connectivity index (χ4n) is 3.76. The van der Waals surface area contributed by atoms with Crippen molar-refractivity contribution < 1.29 is 17.9 Å². The third-order valence-corrected chi connectivity index (χ3v) is 7.19. The van der Waals surface area contributed by atoms with Crippen LogP contribution in [0, 0.1) is 5.92 Å². The van der Waals surface area contributed by atoms with Crippen LogP contribution in [-0.4, -0.2) is 54.0 Å². The number of rotatable bonds is 5. The van der Waals surface area contributed by atoms with Gasteiger partial charge in [-0.25, -0.2) is 28.4 Å². The fourth-order valence-corrected chi connectivity index (χ4v) is 4.97. The largest absolute Gasteiger partial charge is 0.476 e. The highest BCUT2D eigenvalue weighted by Crippen LogP contribution is 2.35. The average Bonchev–Trinajstić information content (AvgIpc) is 3.13. The van der Waals surface area contributed by atoms with E-state index >= 15 is 0 Å². The zero-order chi connectivity index (χ0) is 22.1. The summed E-state index contributed by atoms with van der Waals surface area (Å²) in [5.41, 5.74) is 1.54. The molecule has 0 amide bonds. The van der Waals surface area contributed by atoms with Gasteiger partial charge < -0.3 is 14.4 Å². The third kappa shape index (κ3) is 4.33. The van der Waals surface area contributed by atoms with Crippen LogP contribution in [0.2, 0.25) is 5.02 Å². The SMILES string of the molecule is O=S1(=O)COc2cc(-c3cnc(OCC4CCN(c5ncc(Cl)cn5)CC4)nc3)ccc21. The Morgan fingerprint density at radius 2 is 1.75 bits per heavy atom. The molecule has 0 spiro atoms. The summed E-state index contributed by atoms with van der Waals surface area (Å²) >= 11 is 5.85. The van der Waals surface area contributed by atoms with E-state index in [-0.39, 0.29) is 10.8 Å². The first-order valence-electron chi connectivity index (χ1n) is 10.2. The van der Waals surface area contributed by atoms with E-state index in [0.717, 1.165) is 37.1 Å². The molecule has 1 fully saturated rings. The minimum atomic E-state index is -3.34. The van der Waals surface area contributed by atoms with Crippen molar-refractivity contribution in [1.29, 1.82) is 0 Å². The van der Waals surface area contributed by atoms with Gasteiger partial charge in [0.2, 0.25) is 15.8 Å². The van der Waals surface area contributed by atoms with Gasteiger partial charge in [-0.2, -0.15) is 0 Å². The maximum absolute atomic E-state index is 11.9. The summed E-state index contributed by atoms with van der Waals surface area (Å²) in [5.74, 6) is 1.14. The van der Waals surface area contributed by atoms with Crippen molar-refractivity contribution in [1.82, 2.24) is 19.9 Å². The van der Waals surface area contributed by atoms with Crippen LogP contribution < -0.4 is 14.4 Å². The molecule has 0 bridgehead atoms. The molecule has 2 aliphatic heterocycles. The van der Waals surface area contributed by atoms with Gasteiger partial charge in [-0.3, -0.25) is 0 Å². The number of hydrogen-bond acceptors (Lipinski definition) is 9. The molecule has 32 heavy (non-hydrogen) atoms. The zero-order valence-electron chi connectivity index (χ0n) is 17.0. The lowest BCUT2D eigenvalue weighted by Gasteiger charge is -2.31. The summed E-state index contributed by atoms with van der Waals surface area (Å²) < 4.78 is 34.8. The van der Waals surface area contributed by atoms with Crippen molar-refractivity contribution in [2.45, 2.75) is 17.7 Å². The summed E-state index contributed by atoms with van der Waals surface area (Å²) in [7, 11) is -3.34. The second-order valence-corrected chi connectivity index (χ2v) is 10.1.